The number of ether oxygens (including phenoxy) is 1. The molecule has 0 aliphatic heterocycles. The molecule has 0 saturated carbocycles. The molecule has 2 heterocycles. The van der Waals surface area contributed by atoms with Crippen molar-refractivity contribution in [1.29, 1.82) is 0 Å². The third kappa shape index (κ3) is 4.09. The van der Waals surface area contributed by atoms with Crippen LogP contribution < -0.4 is 10.5 Å². The monoisotopic (exact) mass is 354 g/mol. The molecule has 3 aromatic rings. The minimum absolute atomic E-state index is 0.131. The number of carbonyl (C=O) groups is 1. The Labute approximate surface area is 151 Å². The van der Waals surface area contributed by atoms with Crippen LogP contribution in [0.25, 0.3) is 5.69 Å². The molecule has 8 nitrogen and oxygen atoms in total. The van der Waals surface area contributed by atoms with Crippen LogP contribution >= 0.6 is 0 Å². The maximum absolute atomic E-state index is 12.5. The Kier molecular flexibility index (Phi) is 5.33. The van der Waals surface area contributed by atoms with E-state index in [2.05, 4.69) is 15.1 Å². The van der Waals surface area contributed by atoms with Gasteiger partial charge in [-0.25, -0.2) is 9.67 Å². The van der Waals surface area contributed by atoms with Crippen molar-refractivity contribution in [2.45, 2.75) is 19.0 Å². The van der Waals surface area contributed by atoms with Crippen molar-refractivity contribution in [2.75, 3.05) is 14.2 Å². The van der Waals surface area contributed by atoms with Gasteiger partial charge in [-0.05, 0) is 12.1 Å². The lowest BCUT2D eigenvalue weighted by molar-refractivity contribution is -0.131. The number of carbonyl (C=O) groups excluding carboxylic acids is 1. The van der Waals surface area contributed by atoms with Crippen LogP contribution in [0.1, 0.15) is 11.3 Å². The highest BCUT2D eigenvalue weighted by Gasteiger charge is 2.19. The fourth-order valence-electron chi connectivity index (χ4n) is 2.69. The number of nitrogens with one attached hydrogen (secondary N) is 1. The highest BCUT2D eigenvalue weighted by atomic mass is 16.5. The standard InChI is InChI=1S/C18H22N6O2/c1-23(18(25)17(19)6-14-9-20-12-21-14)10-13-8-22-24(11-13)15-4-3-5-16(7-15)26-2/h3-5,7-9,11-12,17H,6,10,19H2,1-2H3,(H,20,21)/t17-/m0/s1. The number of nitrogens with two attached hydrogens (primary N) is 1. The van der Waals surface area contributed by atoms with Crippen molar-refractivity contribution in [3.8, 4) is 11.4 Å². The average Bonchev–Trinajstić information content (AvgIpc) is 3.33. The van der Waals surface area contributed by atoms with Crippen LogP contribution in [-0.4, -0.2) is 50.8 Å². The highest BCUT2D eigenvalue weighted by molar-refractivity contribution is 5.81. The fraction of sp³-hybridized carbons (Fsp3) is 0.278. The quantitative estimate of drug-likeness (QED) is 0.662. The van der Waals surface area contributed by atoms with Crippen LogP contribution in [0.4, 0.5) is 0 Å². The second kappa shape index (κ2) is 7.83. The summed E-state index contributed by atoms with van der Waals surface area (Å²) in [5.74, 6) is 0.630. The van der Waals surface area contributed by atoms with Crippen molar-refractivity contribution in [1.82, 2.24) is 24.6 Å². The van der Waals surface area contributed by atoms with Gasteiger partial charge in [-0.15, -0.1) is 0 Å². The molecule has 0 aliphatic carbocycles. The third-order valence-corrected chi connectivity index (χ3v) is 4.06. The SMILES string of the molecule is COc1cccc(-n2cc(CN(C)C(=O)[C@@H](N)Cc3cnc[nH]3)cn2)c1. The molecule has 0 radical (unpaired) electrons. The van der Waals surface area contributed by atoms with Gasteiger partial charge in [0.25, 0.3) is 0 Å². The van der Waals surface area contributed by atoms with Gasteiger partial charge in [0, 0.05) is 49.7 Å². The topological polar surface area (TPSA) is 102 Å². The Hall–Kier alpha value is -3.13. The van der Waals surface area contributed by atoms with E-state index in [9.17, 15) is 4.79 Å². The molecule has 0 bridgehead atoms. The molecule has 0 spiro atoms. The van der Waals surface area contributed by atoms with E-state index in [1.54, 1.807) is 42.5 Å². The Bertz CT molecular complexity index is 858. The molecule has 1 atom stereocenters. The van der Waals surface area contributed by atoms with Gasteiger partial charge >= 0.3 is 0 Å². The van der Waals surface area contributed by atoms with E-state index in [4.69, 9.17) is 10.5 Å². The zero-order valence-corrected chi connectivity index (χ0v) is 14.8. The summed E-state index contributed by atoms with van der Waals surface area (Å²) in [5.41, 5.74) is 8.66. The largest absolute Gasteiger partial charge is 0.497 e. The number of rotatable bonds is 7. The second-order valence-corrected chi connectivity index (χ2v) is 6.08. The first-order valence-electron chi connectivity index (χ1n) is 8.22. The molecule has 136 valence electrons. The number of benzene rings is 1. The smallest absolute Gasteiger partial charge is 0.239 e. The molecule has 0 aliphatic rings. The third-order valence-electron chi connectivity index (χ3n) is 4.06. The average molecular weight is 354 g/mol. The molecule has 2 aromatic heterocycles. The second-order valence-electron chi connectivity index (χ2n) is 6.08. The van der Waals surface area contributed by atoms with E-state index < -0.39 is 6.04 Å². The predicted octanol–water partition coefficient (Wildman–Crippen LogP) is 1.13. The van der Waals surface area contributed by atoms with Gasteiger partial charge in [-0.3, -0.25) is 4.79 Å². The maximum Gasteiger partial charge on any atom is 0.239 e. The minimum Gasteiger partial charge on any atom is -0.497 e. The van der Waals surface area contributed by atoms with E-state index in [1.807, 2.05) is 30.5 Å². The van der Waals surface area contributed by atoms with Crippen molar-refractivity contribution < 1.29 is 9.53 Å². The number of aromatic amines is 1. The number of nitrogens with zero attached hydrogens (tertiary/aromatic N) is 4. The summed E-state index contributed by atoms with van der Waals surface area (Å²) in [7, 11) is 3.36. The zero-order chi connectivity index (χ0) is 18.5. The van der Waals surface area contributed by atoms with Crippen molar-refractivity contribution in [3.05, 3.63) is 60.4 Å². The van der Waals surface area contributed by atoms with E-state index in [-0.39, 0.29) is 5.91 Å². The van der Waals surface area contributed by atoms with Gasteiger partial charge in [0.05, 0.1) is 31.4 Å². The molecule has 1 aromatic carbocycles. The van der Waals surface area contributed by atoms with Gasteiger partial charge in [-0.1, -0.05) is 6.07 Å². The van der Waals surface area contributed by atoms with Gasteiger partial charge in [-0.2, -0.15) is 5.10 Å². The van der Waals surface area contributed by atoms with Crippen LogP contribution in [-0.2, 0) is 17.8 Å². The summed E-state index contributed by atoms with van der Waals surface area (Å²) in [6.45, 7) is 0.430. The van der Waals surface area contributed by atoms with Crippen LogP contribution in [0.3, 0.4) is 0 Å². The zero-order valence-electron chi connectivity index (χ0n) is 14.8. The normalized spacial score (nSPS) is 12.0. The fourth-order valence-corrected chi connectivity index (χ4v) is 2.69. The number of amides is 1. The van der Waals surface area contributed by atoms with Gasteiger partial charge in [0.2, 0.25) is 5.91 Å². The number of imidazole rings is 1. The van der Waals surface area contributed by atoms with Crippen LogP contribution in [0, 0.1) is 0 Å². The minimum atomic E-state index is -0.617. The van der Waals surface area contributed by atoms with Crippen LogP contribution in [0.5, 0.6) is 5.75 Å². The van der Waals surface area contributed by atoms with Crippen molar-refractivity contribution >= 4 is 5.91 Å². The lowest BCUT2D eigenvalue weighted by Gasteiger charge is -2.20. The molecule has 0 unspecified atom stereocenters. The highest BCUT2D eigenvalue weighted by Crippen LogP contribution is 2.16. The summed E-state index contributed by atoms with van der Waals surface area (Å²) < 4.78 is 6.98. The van der Waals surface area contributed by atoms with E-state index in [1.165, 1.54) is 0 Å². The van der Waals surface area contributed by atoms with E-state index in [0.29, 0.717) is 13.0 Å². The molecule has 0 saturated heterocycles. The maximum atomic E-state index is 12.5. The van der Waals surface area contributed by atoms with Gasteiger partial charge in [0.15, 0.2) is 0 Å². The molecular weight excluding hydrogens is 332 g/mol. The number of hydrogen-bond donors (Lipinski definition) is 2. The van der Waals surface area contributed by atoms with E-state index >= 15 is 0 Å². The Morgan fingerprint density at radius 3 is 3.00 bits per heavy atom. The van der Waals surface area contributed by atoms with Crippen LogP contribution in [0.15, 0.2) is 49.2 Å². The molecule has 8 heteroatoms. The Balaban J connectivity index is 1.63. The van der Waals surface area contributed by atoms with Crippen molar-refractivity contribution in [2.24, 2.45) is 5.73 Å². The molecule has 0 fully saturated rings. The summed E-state index contributed by atoms with van der Waals surface area (Å²) in [6, 6.07) is 7.00. The first-order valence-corrected chi connectivity index (χ1v) is 8.22. The molecule has 3 N–H and O–H groups in total. The molecule has 1 amide bonds. The summed E-state index contributed by atoms with van der Waals surface area (Å²) in [6.07, 6.45) is 7.30. The molecule has 3 rings (SSSR count). The number of aromatic nitrogens is 4. The predicted molar refractivity (Wildman–Crippen MR) is 96.9 cm³/mol. The molecule has 26 heavy (non-hydrogen) atoms. The summed E-state index contributed by atoms with van der Waals surface area (Å²) in [4.78, 5) is 21.0. The van der Waals surface area contributed by atoms with Crippen molar-refractivity contribution in [3.63, 3.8) is 0 Å². The number of H-pyrrole nitrogens is 1. The van der Waals surface area contributed by atoms with Gasteiger partial charge in [0.1, 0.15) is 5.75 Å². The first kappa shape index (κ1) is 17.7. The lowest BCUT2D eigenvalue weighted by atomic mass is 10.1. The lowest BCUT2D eigenvalue weighted by Crippen LogP contribution is -2.42. The number of likely N-dealkylation sites (N-methyl/N-ethyl adjacent to an activating group) is 1. The van der Waals surface area contributed by atoms with Crippen LogP contribution in [0.2, 0.25) is 0 Å². The van der Waals surface area contributed by atoms with Gasteiger partial charge < -0.3 is 20.4 Å². The summed E-state index contributed by atoms with van der Waals surface area (Å²) >= 11 is 0. The summed E-state index contributed by atoms with van der Waals surface area (Å²) in [5, 5.41) is 4.36. The Morgan fingerprint density at radius 2 is 2.27 bits per heavy atom. The molecular formula is C18H22N6O2. The van der Waals surface area contributed by atoms with E-state index in [0.717, 1.165) is 22.7 Å². The number of methoxy groups -OCH3 is 1. The first-order chi connectivity index (χ1) is 12.6. The Morgan fingerprint density at radius 1 is 1.42 bits per heavy atom. The number of hydrogen-bond acceptors (Lipinski definition) is 5.